The molecule has 3 heterocycles. The molecule has 2 N–H and O–H groups in total. The molecule has 146 valence electrons. The summed E-state index contributed by atoms with van der Waals surface area (Å²) >= 11 is 1.41. The Balaban J connectivity index is 1.71. The van der Waals surface area contributed by atoms with Gasteiger partial charge in [0.25, 0.3) is 5.91 Å². The fourth-order valence-electron chi connectivity index (χ4n) is 3.33. The summed E-state index contributed by atoms with van der Waals surface area (Å²) in [5, 5.41) is 16.6. The minimum atomic E-state index is -0.139. The first kappa shape index (κ1) is 18.6. The second-order valence-electron chi connectivity index (χ2n) is 6.90. The molecule has 2 aromatic heterocycles. The predicted octanol–water partition coefficient (Wildman–Crippen LogP) is 2.98. The van der Waals surface area contributed by atoms with E-state index in [1.807, 2.05) is 38.2 Å². The zero-order chi connectivity index (χ0) is 19.7. The van der Waals surface area contributed by atoms with Crippen LogP contribution in [0.4, 0.5) is 0 Å². The second kappa shape index (κ2) is 7.73. The van der Waals surface area contributed by atoms with Crippen LogP contribution in [0.2, 0.25) is 0 Å². The molecule has 4 rings (SSSR count). The van der Waals surface area contributed by atoms with Crippen molar-refractivity contribution in [2.75, 3.05) is 19.8 Å². The van der Waals surface area contributed by atoms with Crippen molar-refractivity contribution < 1.29 is 14.6 Å². The number of hydrogen-bond donors (Lipinski definition) is 2. The normalized spacial score (nSPS) is 12.9. The molecule has 1 amide bonds. The molecule has 0 fully saturated rings. The van der Waals surface area contributed by atoms with Gasteiger partial charge < -0.3 is 14.7 Å². The van der Waals surface area contributed by atoms with Gasteiger partial charge in [0.2, 0.25) is 0 Å². The van der Waals surface area contributed by atoms with Crippen LogP contribution in [0.3, 0.4) is 0 Å². The van der Waals surface area contributed by atoms with E-state index in [1.165, 1.54) is 11.3 Å². The maximum atomic E-state index is 12.9. The first-order valence-electron chi connectivity index (χ1n) is 9.26. The first-order chi connectivity index (χ1) is 13.6. The Morgan fingerprint density at radius 3 is 2.96 bits per heavy atom. The summed E-state index contributed by atoms with van der Waals surface area (Å²) in [5.41, 5.74) is 3.71. The highest BCUT2D eigenvalue weighted by atomic mass is 32.1. The number of carbonyl (C=O) groups is 1. The third-order valence-corrected chi connectivity index (χ3v) is 5.86. The SMILES string of the molecule is CC(C)N(CCO)C(=O)c1nc2c(s1)CCOc1cc(-c3cn[nH]c3)ccc1-2. The van der Waals surface area contributed by atoms with Crippen LogP contribution in [0.5, 0.6) is 5.75 Å². The number of hydrogen-bond acceptors (Lipinski definition) is 6. The molecular formula is C20H22N4O3S. The number of aromatic amines is 1. The van der Waals surface area contributed by atoms with Crippen LogP contribution in [0.1, 0.15) is 28.5 Å². The minimum absolute atomic E-state index is 0.00325. The van der Waals surface area contributed by atoms with E-state index in [0.29, 0.717) is 24.6 Å². The molecule has 0 spiro atoms. The van der Waals surface area contributed by atoms with Crippen LogP contribution in [0.15, 0.2) is 30.6 Å². The molecule has 0 unspecified atom stereocenters. The van der Waals surface area contributed by atoms with E-state index in [-0.39, 0.29) is 18.6 Å². The van der Waals surface area contributed by atoms with Crippen molar-refractivity contribution in [2.24, 2.45) is 0 Å². The quantitative estimate of drug-likeness (QED) is 0.689. The fraction of sp³-hybridized carbons (Fsp3) is 0.350. The van der Waals surface area contributed by atoms with E-state index < -0.39 is 0 Å². The molecule has 1 aliphatic heterocycles. The second-order valence-corrected chi connectivity index (χ2v) is 7.99. The molecule has 0 aliphatic carbocycles. The smallest absolute Gasteiger partial charge is 0.283 e. The lowest BCUT2D eigenvalue weighted by Crippen LogP contribution is -2.38. The zero-order valence-electron chi connectivity index (χ0n) is 15.8. The number of amides is 1. The third-order valence-electron chi connectivity index (χ3n) is 4.76. The number of nitrogens with one attached hydrogen (secondary N) is 1. The average Bonchev–Trinajstić information content (AvgIpc) is 3.33. The van der Waals surface area contributed by atoms with Crippen molar-refractivity contribution in [1.82, 2.24) is 20.1 Å². The number of aliphatic hydroxyl groups is 1. The van der Waals surface area contributed by atoms with E-state index in [1.54, 1.807) is 11.1 Å². The first-order valence-corrected chi connectivity index (χ1v) is 10.1. The van der Waals surface area contributed by atoms with Crippen molar-refractivity contribution in [1.29, 1.82) is 0 Å². The summed E-state index contributed by atoms with van der Waals surface area (Å²) < 4.78 is 5.96. The Bertz CT molecular complexity index is 982. The van der Waals surface area contributed by atoms with Crippen LogP contribution >= 0.6 is 11.3 Å². The number of thiazole rings is 1. The summed E-state index contributed by atoms with van der Waals surface area (Å²) in [6, 6.07) is 5.98. The van der Waals surface area contributed by atoms with Crippen LogP contribution in [0, 0.1) is 0 Å². The summed E-state index contributed by atoms with van der Waals surface area (Å²) in [5.74, 6) is 0.623. The number of rotatable bonds is 5. The molecule has 0 bridgehead atoms. The molecule has 0 atom stereocenters. The van der Waals surface area contributed by atoms with Gasteiger partial charge in [-0.15, -0.1) is 11.3 Å². The Kier molecular flexibility index (Phi) is 5.15. The van der Waals surface area contributed by atoms with Crippen molar-refractivity contribution >= 4 is 17.2 Å². The number of carbonyl (C=O) groups excluding carboxylic acids is 1. The molecule has 3 aromatic rings. The van der Waals surface area contributed by atoms with Gasteiger partial charge in [0.1, 0.15) is 5.75 Å². The average molecular weight is 398 g/mol. The number of ether oxygens (including phenoxy) is 1. The van der Waals surface area contributed by atoms with Gasteiger partial charge >= 0.3 is 0 Å². The van der Waals surface area contributed by atoms with Crippen molar-refractivity contribution in [3.05, 3.63) is 40.5 Å². The van der Waals surface area contributed by atoms with Crippen LogP contribution in [-0.4, -0.2) is 56.9 Å². The maximum Gasteiger partial charge on any atom is 0.283 e. The molecular weight excluding hydrogens is 376 g/mol. The van der Waals surface area contributed by atoms with Gasteiger partial charge in [-0.05, 0) is 31.5 Å². The van der Waals surface area contributed by atoms with Crippen molar-refractivity contribution in [2.45, 2.75) is 26.3 Å². The number of nitrogens with zero attached hydrogens (tertiary/aromatic N) is 3. The summed E-state index contributed by atoms with van der Waals surface area (Å²) in [6.07, 6.45) is 4.31. The van der Waals surface area contributed by atoms with Gasteiger partial charge in [-0.3, -0.25) is 9.89 Å². The van der Waals surface area contributed by atoms with Crippen LogP contribution < -0.4 is 4.74 Å². The molecule has 0 saturated carbocycles. The van der Waals surface area contributed by atoms with Gasteiger partial charge in [0.05, 0.1) is 25.1 Å². The lowest BCUT2D eigenvalue weighted by Gasteiger charge is -2.24. The highest BCUT2D eigenvalue weighted by Crippen LogP contribution is 2.39. The molecule has 0 saturated heterocycles. The summed E-state index contributed by atoms with van der Waals surface area (Å²) in [4.78, 5) is 20.3. The van der Waals surface area contributed by atoms with Gasteiger partial charge in [0.15, 0.2) is 5.01 Å². The number of aliphatic hydroxyl groups excluding tert-OH is 1. The molecule has 1 aliphatic rings. The largest absolute Gasteiger partial charge is 0.492 e. The lowest BCUT2D eigenvalue weighted by molar-refractivity contribution is 0.0665. The number of aromatic nitrogens is 3. The van der Waals surface area contributed by atoms with Crippen molar-refractivity contribution in [3.8, 4) is 28.1 Å². The van der Waals surface area contributed by atoms with E-state index in [2.05, 4.69) is 15.2 Å². The molecule has 0 radical (unpaired) electrons. The zero-order valence-corrected chi connectivity index (χ0v) is 16.6. The number of H-pyrrole nitrogens is 1. The standard InChI is InChI=1S/C20H22N4O3S/c1-12(2)24(6-7-25)20(26)19-23-18-15-4-3-13(14-10-21-22-11-14)9-16(15)27-8-5-17(18)28-19/h3-4,9-12,25H,5-8H2,1-2H3,(H,21,22). The predicted molar refractivity (Wildman–Crippen MR) is 108 cm³/mol. The topological polar surface area (TPSA) is 91.3 Å². The Morgan fingerprint density at radius 1 is 1.39 bits per heavy atom. The van der Waals surface area contributed by atoms with Crippen molar-refractivity contribution in [3.63, 3.8) is 0 Å². The Hall–Kier alpha value is -2.71. The lowest BCUT2D eigenvalue weighted by atomic mass is 10.0. The summed E-state index contributed by atoms with van der Waals surface area (Å²) in [6.45, 7) is 4.64. The summed E-state index contributed by atoms with van der Waals surface area (Å²) in [7, 11) is 0. The van der Waals surface area contributed by atoms with Crippen LogP contribution in [0.25, 0.3) is 22.4 Å². The number of fused-ring (bicyclic) bond motifs is 3. The van der Waals surface area contributed by atoms with E-state index >= 15 is 0 Å². The fourth-order valence-corrected chi connectivity index (χ4v) is 4.34. The van der Waals surface area contributed by atoms with E-state index in [4.69, 9.17) is 4.74 Å². The molecule has 1 aromatic carbocycles. The van der Waals surface area contributed by atoms with Gasteiger partial charge in [-0.1, -0.05) is 6.07 Å². The maximum absolute atomic E-state index is 12.9. The van der Waals surface area contributed by atoms with Gasteiger partial charge in [-0.25, -0.2) is 4.98 Å². The molecule has 28 heavy (non-hydrogen) atoms. The van der Waals surface area contributed by atoms with E-state index in [9.17, 15) is 9.90 Å². The highest BCUT2D eigenvalue weighted by Gasteiger charge is 2.26. The number of benzene rings is 1. The minimum Gasteiger partial charge on any atom is -0.492 e. The highest BCUT2D eigenvalue weighted by molar-refractivity contribution is 7.14. The van der Waals surface area contributed by atoms with Gasteiger partial charge in [0, 0.05) is 41.2 Å². The van der Waals surface area contributed by atoms with Crippen LogP contribution in [-0.2, 0) is 6.42 Å². The third kappa shape index (κ3) is 3.41. The van der Waals surface area contributed by atoms with E-state index in [0.717, 1.165) is 33.0 Å². The Morgan fingerprint density at radius 2 is 2.25 bits per heavy atom. The molecule has 8 heteroatoms. The molecule has 7 nitrogen and oxygen atoms in total. The monoisotopic (exact) mass is 398 g/mol. The van der Waals surface area contributed by atoms with Gasteiger partial charge in [-0.2, -0.15) is 5.10 Å². The Labute approximate surface area is 167 Å².